The summed E-state index contributed by atoms with van der Waals surface area (Å²) in [7, 11) is 1.53. The highest BCUT2D eigenvalue weighted by Crippen LogP contribution is 2.37. The minimum absolute atomic E-state index is 0.0960. The number of ether oxygens (including phenoxy) is 2. The zero-order chi connectivity index (χ0) is 20.1. The van der Waals surface area contributed by atoms with Crippen molar-refractivity contribution in [3.05, 3.63) is 23.8 Å². The molecule has 1 atom stereocenters. The average molecular weight is 379 g/mol. The first-order valence-electron chi connectivity index (χ1n) is 9.90. The van der Waals surface area contributed by atoms with Crippen LogP contribution in [0.5, 0.6) is 11.5 Å². The summed E-state index contributed by atoms with van der Waals surface area (Å²) in [6.45, 7) is 4.75. The number of unbranched alkanes of at least 4 members (excludes halogenated alkanes) is 4. The maximum atomic E-state index is 12.0. The van der Waals surface area contributed by atoms with Crippen LogP contribution in [0.3, 0.4) is 0 Å². The first-order valence-corrected chi connectivity index (χ1v) is 9.90. The molecule has 0 aromatic heterocycles. The Morgan fingerprint density at radius 1 is 1.11 bits per heavy atom. The van der Waals surface area contributed by atoms with Gasteiger partial charge in [-0.15, -0.1) is 0 Å². The molecule has 1 aromatic carbocycles. The van der Waals surface area contributed by atoms with Crippen LogP contribution in [0.25, 0.3) is 0 Å². The molecule has 3 N–H and O–H groups in total. The zero-order valence-electron chi connectivity index (χ0n) is 16.9. The van der Waals surface area contributed by atoms with Crippen molar-refractivity contribution in [2.75, 3.05) is 20.3 Å². The second-order valence-corrected chi connectivity index (χ2v) is 6.68. The molecular weight excluding hydrogens is 344 g/mol. The first-order chi connectivity index (χ1) is 13.0. The molecule has 0 fully saturated rings. The van der Waals surface area contributed by atoms with E-state index in [2.05, 4.69) is 19.2 Å². The number of hydrogen-bond donors (Lipinski definition) is 2. The van der Waals surface area contributed by atoms with Gasteiger partial charge < -0.3 is 20.5 Å². The largest absolute Gasteiger partial charge is 0.493 e. The highest BCUT2D eigenvalue weighted by Gasteiger charge is 2.23. The average Bonchev–Trinajstić information content (AvgIpc) is 2.66. The van der Waals surface area contributed by atoms with E-state index in [1.165, 1.54) is 7.11 Å². The third-order valence-electron chi connectivity index (χ3n) is 4.49. The van der Waals surface area contributed by atoms with Gasteiger partial charge in [0.2, 0.25) is 5.91 Å². The molecule has 2 amide bonds. The van der Waals surface area contributed by atoms with E-state index >= 15 is 0 Å². The highest BCUT2D eigenvalue weighted by molar-refractivity contribution is 5.83. The summed E-state index contributed by atoms with van der Waals surface area (Å²) in [5.74, 6) is -0.0708. The van der Waals surface area contributed by atoms with Crippen LogP contribution in [0.4, 0.5) is 0 Å². The number of amides is 2. The fourth-order valence-electron chi connectivity index (χ4n) is 2.96. The topological polar surface area (TPSA) is 90.7 Å². The van der Waals surface area contributed by atoms with E-state index in [4.69, 9.17) is 15.2 Å². The molecule has 6 nitrogen and oxygen atoms in total. The van der Waals surface area contributed by atoms with Crippen LogP contribution < -0.4 is 20.5 Å². The van der Waals surface area contributed by atoms with Crippen molar-refractivity contribution in [3.63, 3.8) is 0 Å². The zero-order valence-corrected chi connectivity index (χ0v) is 16.9. The van der Waals surface area contributed by atoms with Crippen molar-refractivity contribution in [1.82, 2.24) is 5.32 Å². The highest BCUT2D eigenvalue weighted by atomic mass is 16.5. The normalized spacial score (nSPS) is 11.7. The Kier molecular flexibility index (Phi) is 11.0. The molecule has 0 heterocycles. The summed E-state index contributed by atoms with van der Waals surface area (Å²) < 4.78 is 11.1. The van der Waals surface area contributed by atoms with Gasteiger partial charge >= 0.3 is 0 Å². The Labute approximate surface area is 162 Å². The minimum atomic E-state index is -0.432. The molecule has 1 rings (SSSR count). The summed E-state index contributed by atoms with van der Waals surface area (Å²) in [4.78, 5) is 23.9. The number of nitrogens with one attached hydrogen (secondary N) is 1. The number of rotatable bonds is 14. The van der Waals surface area contributed by atoms with E-state index < -0.39 is 5.92 Å². The molecule has 1 aromatic rings. The van der Waals surface area contributed by atoms with Gasteiger partial charge in [0.1, 0.15) is 0 Å². The first kappa shape index (κ1) is 22.8. The number of hydrogen-bond acceptors (Lipinski definition) is 4. The molecule has 0 spiro atoms. The van der Waals surface area contributed by atoms with E-state index in [1.807, 2.05) is 6.07 Å². The maximum Gasteiger partial charge on any atom is 0.257 e. The maximum absolute atomic E-state index is 12.0. The van der Waals surface area contributed by atoms with Gasteiger partial charge in [0.05, 0.1) is 13.0 Å². The SMILES string of the molecule is CCCCCCC(C(N)=O)c1cccc(OCC(=O)NCCCC)c1OC. The molecule has 0 radical (unpaired) electrons. The van der Waals surface area contributed by atoms with Crippen molar-refractivity contribution >= 4 is 11.8 Å². The third kappa shape index (κ3) is 7.89. The summed E-state index contributed by atoms with van der Waals surface area (Å²) in [6.07, 6.45) is 6.89. The number of methoxy groups -OCH3 is 1. The minimum Gasteiger partial charge on any atom is -0.493 e. The summed E-state index contributed by atoms with van der Waals surface area (Å²) >= 11 is 0. The van der Waals surface area contributed by atoms with Gasteiger partial charge in [-0.2, -0.15) is 0 Å². The lowest BCUT2D eigenvalue weighted by atomic mass is 9.91. The fraction of sp³-hybridized carbons (Fsp3) is 0.619. The quantitative estimate of drug-likeness (QED) is 0.485. The number of primary amides is 1. The van der Waals surface area contributed by atoms with E-state index in [1.54, 1.807) is 12.1 Å². The van der Waals surface area contributed by atoms with Gasteiger partial charge in [0.25, 0.3) is 5.91 Å². The predicted molar refractivity (Wildman–Crippen MR) is 107 cm³/mol. The standard InChI is InChI=1S/C21H34N2O4/c1-4-6-8-9-11-17(21(22)25)16-12-10-13-18(20(16)26-3)27-15-19(24)23-14-7-5-2/h10,12-13,17H,4-9,11,14-15H2,1-3H3,(H2,22,25)(H,23,24). The predicted octanol–water partition coefficient (Wildman–Crippen LogP) is 3.53. The Balaban J connectivity index is 2.84. The van der Waals surface area contributed by atoms with Crippen LogP contribution in [0.15, 0.2) is 18.2 Å². The van der Waals surface area contributed by atoms with Gasteiger partial charge in [-0.3, -0.25) is 9.59 Å². The third-order valence-corrected chi connectivity index (χ3v) is 4.49. The molecule has 0 saturated carbocycles. The molecular formula is C21H34N2O4. The van der Waals surface area contributed by atoms with Gasteiger partial charge in [-0.05, 0) is 18.9 Å². The number of carbonyl (C=O) groups is 2. The van der Waals surface area contributed by atoms with Gasteiger partial charge in [0.15, 0.2) is 18.1 Å². The van der Waals surface area contributed by atoms with E-state index in [9.17, 15) is 9.59 Å². The monoisotopic (exact) mass is 378 g/mol. The molecule has 0 aliphatic rings. The summed E-state index contributed by atoms with van der Waals surface area (Å²) in [5, 5.41) is 2.81. The second kappa shape index (κ2) is 13.0. The Hall–Kier alpha value is -2.24. The van der Waals surface area contributed by atoms with E-state index in [0.29, 0.717) is 30.0 Å². The van der Waals surface area contributed by atoms with Crippen LogP contribution >= 0.6 is 0 Å². The van der Waals surface area contributed by atoms with Crippen molar-refractivity contribution in [2.24, 2.45) is 5.73 Å². The number of nitrogens with two attached hydrogens (primary N) is 1. The Bertz CT molecular complexity index is 590. The van der Waals surface area contributed by atoms with Gasteiger partial charge in [-0.25, -0.2) is 0 Å². The van der Waals surface area contributed by atoms with Crippen LogP contribution in [-0.4, -0.2) is 32.1 Å². The van der Waals surface area contributed by atoms with Crippen LogP contribution in [0.1, 0.15) is 70.3 Å². The van der Waals surface area contributed by atoms with Gasteiger partial charge in [0, 0.05) is 12.1 Å². The van der Waals surface area contributed by atoms with Crippen LogP contribution in [0, 0.1) is 0 Å². The molecule has 0 saturated heterocycles. The van der Waals surface area contributed by atoms with Crippen molar-refractivity contribution < 1.29 is 19.1 Å². The second-order valence-electron chi connectivity index (χ2n) is 6.68. The van der Waals surface area contributed by atoms with Crippen molar-refractivity contribution in [2.45, 2.75) is 64.7 Å². The molecule has 0 bridgehead atoms. The Morgan fingerprint density at radius 2 is 1.85 bits per heavy atom. The molecule has 0 aliphatic carbocycles. The van der Waals surface area contributed by atoms with Crippen LogP contribution in [-0.2, 0) is 9.59 Å². The fourth-order valence-corrected chi connectivity index (χ4v) is 2.96. The molecule has 152 valence electrons. The number of para-hydroxylation sites is 1. The summed E-state index contributed by atoms with van der Waals surface area (Å²) in [6, 6.07) is 5.36. The number of carbonyl (C=O) groups excluding carboxylic acids is 2. The lowest BCUT2D eigenvalue weighted by Crippen LogP contribution is -2.29. The number of benzene rings is 1. The smallest absolute Gasteiger partial charge is 0.257 e. The van der Waals surface area contributed by atoms with E-state index in [-0.39, 0.29) is 18.4 Å². The molecule has 27 heavy (non-hydrogen) atoms. The van der Waals surface area contributed by atoms with Gasteiger partial charge in [-0.1, -0.05) is 58.1 Å². The van der Waals surface area contributed by atoms with Crippen molar-refractivity contribution in [3.8, 4) is 11.5 Å². The van der Waals surface area contributed by atoms with Crippen molar-refractivity contribution in [1.29, 1.82) is 0 Å². The molecule has 1 unspecified atom stereocenters. The van der Waals surface area contributed by atoms with Crippen LogP contribution in [0.2, 0.25) is 0 Å². The molecule has 6 heteroatoms. The summed E-state index contributed by atoms with van der Waals surface area (Å²) in [5.41, 5.74) is 6.36. The Morgan fingerprint density at radius 3 is 2.48 bits per heavy atom. The lowest BCUT2D eigenvalue weighted by molar-refractivity contribution is -0.123. The lowest BCUT2D eigenvalue weighted by Gasteiger charge is -2.19. The molecule has 0 aliphatic heterocycles. The van der Waals surface area contributed by atoms with E-state index in [0.717, 1.165) is 38.5 Å².